The van der Waals surface area contributed by atoms with Crippen LogP contribution in [0.15, 0.2) is 11.6 Å². The van der Waals surface area contributed by atoms with Crippen molar-refractivity contribution in [3.05, 3.63) is 11.6 Å². The van der Waals surface area contributed by atoms with Gasteiger partial charge in [-0.25, -0.2) is 4.79 Å². The third kappa shape index (κ3) is 7.74. The van der Waals surface area contributed by atoms with E-state index in [0.717, 1.165) is 38.8 Å². The SMILES string of the molecule is CCCN1CCCCC1C(=O)NC(C(=O)N(C)C/C=C(\C)C(=O)OCC)C(C)(C)C. The first kappa shape index (κ1) is 26.1. The minimum atomic E-state index is -0.642. The number of hydrogen-bond acceptors (Lipinski definition) is 5. The predicted molar refractivity (Wildman–Crippen MR) is 119 cm³/mol. The molecule has 30 heavy (non-hydrogen) atoms. The summed E-state index contributed by atoms with van der Waals surface area (Å²) in [5.74, 6) is -0.614. The van der Waals surface area contributed by atoms with Crippen molar-refractivity contribution in [1.29, 1.82) is 0 Å². The van der Waals surface area contributed by atoms with Crippen LogP contribution < -0.4 is 5.32 Å². The second-order valence-corrected chi connectivity index (χ2v) is 9.18. The first-order valence-electron chi connectivity index (χ1n) is 11.2. The average Bonchev–Trinajstić information content (AvgIpc) is 2.69. The zero-order valence-electron chi connectivity index (χ0n) is 19.9. The third-order valence-corrected chi connectivity index (χ3v) is 5.47. The molecular formula is C23H41N3O4. The molecule has 0 aliphatic carbocycles. The molecule has 0 aromatic rings. The van der Waals surface area contributed by atoms with Crippen LogP contribution in [0.3, 0.4) is 0 Å². The summed E-state index contributed by atoms with van der Waals surface area (Å²) in [4.78, 5) is 41.8. The summed E-state index contributed by atoms with van der Waals surface area (Å²) < 4.78 is 4.98. The van der Waals surface area contributed by atoms with Crippen molar-refractivity contribution in [2.45, 2.75) is 79.3 Å². The van der Waals surface area contributed by atoms with Gasteiger partial charge in [-0.15, -0.1) is 0 Å². The maximum atomic E-state index is 13.2. The van der Waals surface area contributed by atoms with Crippen molar-refractivity contribution in [3.8, 4) is 0 Å². The number of nitrogens with zero attached hydrogens (tertiary/aromatic N) is 2. The Morgan fingerprint density at radius 2 is 1.90 bits per heavy atom. The lowest BCUT2D eigenvalue weighted by molar-refractivity contribution is -0.140. The molecule has 0 aromatic carbocycles. The van der Waals surface area contributed by atoms with E-state index in [9.17, 15) is 14.4 Å². The second kappa shape index (κ2) is 12.1. The Morgan fingerprint density at radius 1 is 1.23 bits per heavy atom. The van der Waals surface area contributed by atoms with Crippen LogP contribution in [0.4, 0.5) is 0 Å². The van der Waals surface area contributed by atoms with Crippen molar-refractivity contribution in [2.75, 3.05) is 33.3 Å². The number of nitrogens with one attached hydrogen (secondary N) is 1. The summed E-state index contributed by atoms with van der Waals surface area (Å²) in [5, 5.41) is 3.04. The van der Waals surface area contributed by atoms with Crippen molar-refractivity contribution >= 4 is 17.8 Å². The van der Waals surface area contributed by atoms with Gasteiger partial charge in [-0.3, -0.25) is 14.5 Å². The van der Waals surface area contributed by atoms with Gasteiger partial charge in [0, 0.05) is 19.2 Å². The molecule has 2 unspecified atom stereocenters. The molecule has 7 heteroatoms. The Morgan fingerprint density at radius 3 is 2.47 bits per heavy atom. The van der Waals surface area contributed by atoms with E-state index < -0.39 is 11.5 Å². The van der Waals surface area contributed by atoms with Gasteiger partial charge < -0.3 is 15.0 Å². The molecule has 0 bridgehead atoms. The van der Waals surface area contributed by atoms with Crippen LogP contribution in [0.2, 0.25) is 0 Å². The number of hydrogen-bond donors (Lipinski definition) is 1. The molecule has 1 rings (SSSR count). The Bertz CT molecular complexity index is 622. The summed E-state index contributed by atoms with van der Waals surface area (Å²) in [6.07, 6.45) is 5.65. The molecule has 1 heterocycles. The Balaban J connectivity index is 2.87. The van der Waals surface area contributed by atoms with Gasteiger partial charge in [0.15, 0.2) is 0 Å². The lowest BCUT2D eigenvalue weighted by Gasteiger charge is -2.38. The van der Waals surface area contributed by atoms with E-state index in [1.165, 1.54) is 0 Å². The number of rotatable bonds is 9. The molecule has 172 valence electrons. The van der Waals surface area contributed by atoms with Crippen LogP contribution in [0.1, 0.15) is 67.2 Å². The summed E-state index contributed by atoms with van der Waals surface area (Å²) >= 11 is 0. The van der Waals surface area contributed by atoms with Crippen molar-refractivity contribution in [3.63, 3.8) is 0 Å². The smallest absolute Gasteiger partial charge is 0.333 e. The highest BCUT2D eigenvalue weighted by atomic mass is 16.5. The Labute approximate surface area is 182 Å². The van der Waals surface area contributed by atoms with Gasteiger partial charge in [0.05, 0.1) is 12.6 Å². The standard InChI is InChI=1S/C23H41N3O4/c1-8-14-26-15-11-10-12-18(26)20(27)24-19(23(4,5)6)21(28)25(7)16-13-17(3)22(29)30-9-2/h13,18-19H,8-12,14-16H2,1-7H3,(H,24,27)/b17-13+. The fourth-order valence-corrected chi connectivity index (χ4v) is 3.64. The average molecular weight is 424 g/mol. The fraction of sp³-hybridized carbons (Fsp3) is 0.783. The van der Waals surface area contributed by atoms with E-state index in [0.29, 0.717) is 12.2 Å². The number of esters is 1. The number of ether oxygens (including phenoxy) is 1. The molecule has 0 spiro atoms. The van der Waals surface area contributed by atoms with Gasteiger partial charge in [0.25, 0.3) is 0 Å². The maximum absolute atomic E-state index is 13.2. The number of likely N-dealkylation sites (tertiary alicyclic amines) is 1. The largest absolute Gasteiger partial charge is 0.463 e. The minimum absolute atomic E-state index is 0.0666. The first-order chi connectivity index (χ1) is 14.0. The highest BCUT2D eigenvalue weighted by Crippen LogP contribution is 2.23. The van der Waals surface area contributed by atoms with E-state index in [4.69, 9.17) is 4.74 Å². The van der Waals surface area contributed by atoms with E-state index in [1.807, 2.05) is 20.8 Å². The monoisotopic (exact) mass is 423 g/mol. The van der Waals surface area contributed by atoms with Gasteiger partial charge >= 0.3 is 5.97 Å². The van der Waals surface area contributed by atoms with Crippen LogP contribution in [0.25, 0.3) is 0 Å². The maximum Gasteiger partial charge on any atom is 0.333 e. The number of carbonyl (C=O) groups is 3. The molecule has 1 aliphatic rings. The lowest BCUT2D eigenvalue weighted by atomic mass is 9.85. The molecule has 1 aliphatic heterocycles. The Hall–Kier alpha value is -1.89. The van der Waals surface area contributed by atoms with Crippen LogP contribution in [-0.4, -0.2) is 73.0 Å². The van der Waals surface area contributed by atoms with E-state index in [2.05, 4.69) is 17.1 Å². The van der Waals surface area contributed by atoms with Crippen LogP contribution in [-0.2, 0) is 19.1 Å². The molecule has 0 radical (unpaired) electrons. The highest BCUT2D eigenvalue weighted by molar-refractivity contribution is 5.91. The zero-order valence-corrected chi connectivity index (χ0v) is 19.9. The summed E-state index contributed by atoms with van der Waals surface area (Å²) in [6.45, 7) is 13.8. The van der Waals surface area contributed by atoms with Gasteiger partial charge in [-0.05, 0) is 51.6 Å². The van der Waals surface area contributed by atoms with Crippen molar-refractivity contribution in [1.82, 2.24) is 15.1 Å². The lowest BCUT2D eigenvalue weighted by Crippen LogP contribution is -2.58. The predicted octanol–water partition coefficient (Wildman–Crippen LogP) is 2.75. The van der Waals surface area contributed by atoms with Gasteiger partial charge in [-0.1, -0.05) is 40.2 Å². The molecule has 1 N–H and O–H groups in total. The molecule has 1 saturated heterocycles. The normalized spacial score (nSPS) is 19.2. The number of amides is 2. The van der Waals surface area contributed by atoms with Crippen molar-refractivity contribution < 1.29 is 19.1 Å². The van der Waals surface area contributed by atoms with Crippen LogP contribution in [0, 0.1) is 5.41 Å². The van der Waals surface area contributed by atoms with Crippen LogP contribution >= 0.6 is 0 Å². The minimum Gasteiger partial charge on any atom is -0.463 e. The van der Waals surface area contributed by atoms with E-state index >= 15 is 0 Å². The summed E-state index contributed by atoms with van der Waals surface area (Å²) in [5.41, 5.74) is 0.0239. The summed E-state index contributed by atoms with van der Waals surface area (Å²) in [7, 11) is 1.69. The topological polar surface area (TPSA) is 79.0 Å². The Kier molecular flexibility index (Phi) is 10.5. The first-order valence-corrected chi connectivity index (χ1v) is 11.2. The van der Waals surface area contributed by atoms with Crippen LogP contribution in [0.5, 0.6) is 0 Å². The number of piperidine rings is 1. The number of carbonyl (C=O) groups excluding carboxylic acids is 3. The quantitative estimate of drug-likeness (QED) is 0.456. The van der Waals surface area contributed by atoms with Gasteiger partial charge in [-0.2, -0.15) is 0 Å². The second-order valence-electron chi connectivity index (χ2n) is 9.18. The van der Waals surface area contributed by atoms with Gasteiger partial charge in [0.2, 0.25) is 11.8 Å². The number of likely N-dealkylation sites (N-methyl/N-ethyl adjacent to an activating group) is 1. The van der Waals surface area contributed by atoms with E-state index in [1.54, 1.807) is 31.9 Å². The molecule has 2 atom stereocenters. The molecular weight excluding hydrogens is 382 g/mol. The van der Waals surface area contributed by atoms with Gasteiger partial charge in [0.1, 0.15) is 6.04 Å². The third-order valence-electron chi connectivity index (χ3n) is 5.47. The van der Waals surface area contributed by atoms with E-state index in [-0.39, 0.29) is 30.4 Å². The molecule has 2 amide bonds. The highest BCUT2D eigenvalue weighted by Gasteiger charge is 2.37. The van der Waals surface area contributed by atoms with Crippen molar-refractivity contribution in [2.24, 2.45) is 5.41 Å². The fourth-order valence-electron chi connectivity index (χ4n) is 3.64. The molecule has 0 saturated carbocycles. The molecule has 1 fully saturated rings. The zero-order chi connectivity index (χ0) is 22.9. The molecule has 0 aromatic heterocycles. The summed E-state index contributed by atoms with van der Waals surface area (Å²) in [6, 6.07) is -0.815. The molecule has 7 nitrogen and oxygen atoms in total.